The van der Waals surface area contributed by atoms with Gasteiger partial charge >= 0.3 is 0 Å². The number of hydrogen-bond donors (Lipinski definition) is 0. The van der Waals surface area contributed by atoms with Crippen molar-refractivity contribution in [2.45, 2.75) is 63.3 Å². The van der Waals surface area contributed by atoms with Gasteiger partial charge in [0.1, 0.15) is 28.5 Å². The average molecular weight is 503 g/mol. The molecule has 0 unspecified atom stereocenters. The van der Waals surface area contributed by atoms with Gasteiger partial charge in [0.25, 0.3) is 0 Å². The number of fused-ring (bicyclic) bond motifs is 1. The van der Waals surface area contributed by atoms with Gasteiger partial charge in [0.2, 0.25) is 5.91 Å². The molecule has 9 nitrogen and oxygen atoms in total. The second-order valence-electron chi connectivity index (χ2n) is 10.8. The molecule has 2 aromatic rings. The normalized spacial score (nSPS) is 29.0. The van der Waals surface area contributed by atoms with Crippen molar-refractivity contribution in [3.8, 4) is 0 Å². The predicted molar refractivity (Wildman–Crippen MR) is 131 cm³/mol. The second-order valence-corrected chi connectivity index (χ2v) is 13.4. The van der Waals surface area contributed by atoms with Crippen LogP contribution in [0.15, 0.2) is 24.8 Å². The smallest absolute Gasteiger partial charge is 0.244 e. The Labute approximate surface area is 205 Å². The summed E-state index contributed by atoms with van der Waals surface area (Å²) in [7, 11) is -3.40. The van der Waals surface area contributed by atoms with Gasteiger partial charge in [-0.05, 0) is 27.2 Å². The third-order valence-electron chi connectivity index (χ3n) is 7.80. The number of sulfone groups is 1. The van der Waals surface area contributed by atoms with Crippen LogP contribution < -0.4 is 9.80 Å². The van der Waals surface area contributed by atoms with Gasteiger partial charge in [-0.25, -0.2) is 22.8 Å². The highest BCUT2D eigenvalue weighted by molar-refractivity contribution is 7.95. The lowest BCUT2D eigenvalue weighted by Gasteiger charge is -2.49. The maximum absolute atomic E-state index is 13.9. The lowest BCUT2D eigenvalue weighted by Crippen LogP contribution is -2.66. The van der Waals surface area contributed by atoms with Crippen LogP contribution in [0.1, 0.15) is 46.6 Å². The molecule has 0 aliphatic carbocycles. The lowest BCUT2D eigenvalue weighted by atomic mass is 9.87. The fraction of sp³-hybridized carbons (Fsp3) is 0.583. The van der Waals surface area contributed by atoms with Crippen molar-refractivity contribution in [2.75, 3.05) is 35.2 Å². The Morgan fingerprint density at radius 1 is 1.09 bits per heavy atom. The van der Waals surface area contributed by atoms with Crippen LogP contribution in [0.25, 0.3) is 0 Å². The molecule has 11 heteroatoms. The number of halogens is 1. The molecule has 3 aliphatic rings. The third-order valence-corrected chi connectivity index (χ3v) is 10.3. The average Bonchev–Trinajstić information content (AvgIpc) is 3.09. The van der Waals surface area contributed by atoms with Crippen LogP contribution in [0.3, 0.4) is 0 Å². The Bertz CT molecular complexity index is 1300. The minimum Gasteiger partial charge on any atom is -0.350 e. The molecule has 188 valence electrons. The molecule has 0 saturated carbocycles. The number of nitrogens with zero attached hydrogens (tertiary/aromatic N) is 6. The van der Waals surface area contributed by atoms with Crippen molar-refractivity contribution in [2.24, 2.45) is 0 Å². The van der Waals surface area contributed by atoms with Gasteiger partial charge in [0, 0.05) is 48.8 Å². The Morgan fingerprint density at radius 2 is 1.80 bits per heavy atom. The molecule has 0 bridgehead atoms. The van der Waals surface area contributed by atoms with Gasteiger partial charge in [0.15, 0.2) is 9.84 Å². The fourth-order valence-corrected chi connectivity index (χ4v) is 7.06. The van der Waals surface area contributed by atoms with E-state index in [1.807, 2.05) is 18.7 Å². The number of anilines is 3. The monoisotopic (exact) mass is 502 g/mol. The zero-order valence-electron chi connectivity index (χ0n) is 20.7. The van der Waals surface area contributed by atoms with E-state index in [9.17, 15) is 17.6 Å². The molecule has 5 rings (SSSR count). The number of carbonyl (C=O) groups excluding carboxylic acids is 1. The first-order chi connectivity index (χ1) is 16.4. The summed E-state index contributed by atoms with van der Waals surface area (Å²) in [4.78, 5) is 32.4. The van der Waals surface area contributed by atoms with Crippen LogP contribution in [0, 0.1) is 5.82 Å². The summed E-state index contributed by atoms with van der Waals surface area (Å²) in [6.45, 7) is 11.3. The van der Waals surface area contributed by atoms with Crippen molar-refractivity contribution in [3.63, 3.8) is 0 Å². The maximum Gasteiger partial charge on any atom is 0.244 e. The summed E-state index contributed by atoms with van der Waals surface area (Å²) < 4.78 is 37.3. The Morgan fingerprint density at radius 3 is 2.43 bits per heavy atom. The molecule has 35 heavy (non-hydrogen) atoms. The standard InChI is InChI=1S/C24H31FN6O3S/c1-15-12-30(22(32)24(5)6-7-35(24,33)34)16(2)11-29(15)20-19-21(28-14-27-20)31(13-23(19,3)4)18-8-17(25)9-26-10-18/h8-10,14-16H,6-7,11-13H2,1-5H3/t15-,16+,24-/m0/s1. The van der Waals surface area contributed by atoms with E-state index in [-0.39, 0.29) is 29.2 Å². The number of pyridine rings is 1. The Kier molecular flexibility index (Phi) is 5.35. The van der Waals surface area contributed by atoms with Gasteiger partial charge in [-0.1, -0.05) is 13.8 Å². The molecule has 2 fully saturated rings. The first-order valence-corrected chi connectivity index (χ1v) is 13.5. The third kappa shape index (κ3) is 3.57. The summed E-state index contributed by atoms with van der Waals surface area (Å²) in [5.41, 5.74) is 1.28. The van der Waals surface area contributed by atoms with E-state index in [0.717, 1.165) is 17.2 Å². The predicted octanol–water partition coefficient (Wildman–Crippen LogP) is 2.44. The van der Waals surface area contributed by atoms with Gasteiger partial charge in [0.05, 0.1) is 23.8 Å². The molecule has 0 N–H and O–H groups in total. The summed E-state index contributed by atoms with van der Waals surface area (Å²) in [5, 5.41) is 0. The van der Waals surface area contributed by atoms with E-state index in [1.165, 1.54) is 18.6 Å². The maximum atomic E-state index is 13.9. The highest BCUT2D eigenvalue weighted by atomic mass is 32.2. The Hall–Kier alpha value is -2.82. The van der Waals surface area contributed by atoms with E-state index in [4.69, 9.17) is 0 Å². The zero-order valence-corrected chi connectivity index (χ0v) is 21.5. The summed E-state index contributed by atoms with van der Waals surface area (Å²) in [6.07, 6.45) is 4.69. The molecule has 5 heterocycles. The van der Waals surface area contributed by atoms with Crippen molar-refractivity contribution >= 4 is 33.1 Å². The minimum atomic E-state index is -3.40. The van der Waals surface area contributed by atoms with E-state index < -0.39 is 20.4 Å². The van der Waals surface area contributed by atoms with Crippen LogP contribution in [-0.2, 0) is 20.0 Å². The highest BCUT2D eigenvalue weighted by Crippen LogP contribution is 2.47. The number of piperazine rings is 1. The topological polar surface area (TPSA) is 99.6 Å². The van der Waals surface area contributed by atoms with Gasteiger partial charge in [-0.3, -0.25) is 9.78 Å². The van der Waals surface area contributed by atoms with Gasteiger partial charge in [-0.15, -0.1) is 0 Å². The SMILES string of the molecule is C[C@@H]1CN(c2ncnc3c2C(C)(C)CN3c2cncc(F)c2)[C@@H](C)CN1C(=O)[C@]1(C)CCS1(=O)=O. The number of amides is 1. The fourth-order valence-electron chi connectivity index (χ4n) is 5.53. The van der Waals surface area contributed by atoms with E-state index in [2.05, 4.69) is 33.7 Å². The molecule has 2 aromatic heterocycles. The van der Waals surface area contributed by atoms with Crippen LogP contribution in [0.4, 0.5) is 21.7 Å². The number of carbonyl (C=O) groups is 1. The molecule has 0 spiro atoms. The van der Waals surface area contributed by atoms with Crippen LogP contribution in [0.5, 0.6) is 0 Å². The van der Waals surface area contributed by atoms with Crippen molar-refractivity contribution in [3.05, 3.63) is 36.2 Å². The van der Waals surface area contributed by atoms with Crippen molar-refractivity contribution < 1.29 is 17.6 Å². The van der Waals surface area contributed by atoms with Crippen LogP contribution in [0.2, 0.25) is 0 Å². The molecule has 0 radical (unpaired) electrons. The molecular formula is C24H31FN6O3S. The first-order valence-electron chi connectivity index (χ1n) is 11.9. The Balaban J connectivity index is 1.47. The number of rotatable bonds is 3. The zero-order chi connectivity index (χ0) is 25.3. The van der Waals surface area contributed by atoms with E-state index in [0.29, 0.717) is 31.7 Å². The molecular weight excluding hydrogens is 471 g/mol. The van der Waals surface area contributed by atoms with E-state index >= 15 is 0 Å². The van der Waals surface area contributed by atoms with Gasteiger partial charge < -0.3 is 14.7 Å². The quantitative estimate of drug-likeness (QED) is 0.631. The molecule has 0 aromatic carbocycles. The molecule has 3 atom stereocenters. The van der Waals surface area contributed by atoms with Crippen molar-refractivity contribution in [1.82, 2.24) is 19.9 Å². The van der Waals surface area contributed by atoms with Gasteiger partial charge in [-0.2, -0.15) is 0 Å². The summed E-state index contributed by atoms with van der Waals surface area (Å²) in [5.74, 6) is 0.868. The largest absolute Gasteiger partial charge is 0.350 e. The molecule has 2 saturated heterocycles. The van der Waals surface area contributed by atoms with Crippen LogP contribution >= 0.6 is 0 Å². The second kappa shape index (κ2) is 7.84. The molecule has 1 amide bonds. The molecule has 3 aliphatic heterocycles. The van der Waals surface area contributed by atoms with Crippen molar-refractivity contribution in [1.29, 1.82) is 0 Å². The van der Waals surface area contributed by atoms with Crippen LogP contribution in [-0.4, -0.2) is 76.4 Å². The summed E-state index contributed by atoms with van der Waals surface area (Å²) >= 11 is 0. The number of aromatic nitrogens is 3. The minimum absolute atomic E-state index is 0.0681. The first kappa shape index (κ1) is 23.9. The summed E-state index contributed by atoms with van der Waals surface area (Å²) in [6, 6.07) is 1.18. The number of hydrogen-bond acceptors (Lipinski definition) is 8. The van der Waals surface area contributed by atoms with E-state index in [1.54, 1.807) is 18.0 Å². The lowest BCUT2D eigenvalue weighted by molar-refractivity contribution is -0.137. The highest BCUT2D eigenvalue weighted by Gasteiger charge is 2.57.